The predicted octanol–water partition coefficient (Wildman–Crippen LogP) is 6.19. The van der Waals surface area contributed by atoms with Gasteiger partial charge in [-0.2, -0.15) is 0 Å². The largest absolute Gasteiger partial charge is 0.380 e. The number of hydrogen-bond donors (Lipinski definition) is 2. The van der Waals surface area contributed by atoms with Crippen LogP contribution in [0, 0.1) is 18.8 Å². The molecule has 0 aliphatic heterocycles. The second-order valence-corrected chi connectivity index (χ2v) is 12.1. The summed E-state index contributed by atoms with van der Waals surface area (Å²) < 4.78 is 36.0. The molecule has 6 heteroatoms. The lowest BCUT2D eigenvalue weighted by Gasteiger charge is -2.30. The Balaban J connectivity index is 1.51. The molecule has 1 saturated carbocycles. The van der Waals surface area contributed by atoms with Crippen LogP contribution in [0.5, 0.6) is 0 Å². The maximum Gasteiger partial charge on any atom is 0.241 e. The topological polar surface area (TPSA) is 67.4 Å². The number of benzene rings is 3. The van der Waals surface area contributed by atoms with Crippen LogP contribution in [0.4, 0.5) is 0 Å². The average molecular weight is 521 g/mol. The molecule has 0 radical (unpaired) electrons. The first-order valence-electron chi connectivity index (χ1n) is 13.4. The molecule has 2 N–H and O–H groups in total. The van der Waals surface area contributed by atoms with E-state index in [1.807, 2.05) is 79.7 Å². The van der Waals surface area contributed by atoms with Gasteiger partial charge in [0.2, 0.25) is 10.0 Å². The molecule has 0 saturated heterocycles. The van der Waals surface area contributed by atoms with Crippen molar-refractivity contribution >= 4 is 10.0 Å². The van der Waals surface area contributed by atoms with Gasteiger partial charge in [-0.3, -0.25) is 0 Å². The van der Waals surface area contributed by atoms with Gasteiger partial charge in [-0.15, -0.1) is 0 Å². The Kier molecular flexibility index (Phi) is 9.92. The van der Waals surface area contributed by atoms with Gasteiger partial charge in [0.1, 0.15) is 0 Å². The Bertz CT molecular complexity index is 1180. The number of rotatable bonds is 12. The van der Waals surface area contributed by atoms with Crippen LogP contribution in [-0.2, 0) is 14.8 Å². The van der Waals surface area contributed by atoms with Crippen molar-refractivity contribution in [1.29, 1.82) is 0 Å². The van der Waals surface area contributed by atoms with Crippen LogP contribution in [0.1, 0.15) is 61.4 Å². The van der Waals surface area contributed by atoms with Crippen LogP contribution in [0.2, 0.25) is 0 Å². The fourth-order valence-corrected chi connectivity index (χ4v) is 6.30. The monoisotopic (exact) mass is 520 g/mol. The van der Waals surface area contributed by atoms with Gasteiger partial charge in [-0.05, 0) is 54.9 Å². The Labute approximate surface area is 222 Å². The van der Waals surface area contributed by atoms with Crippen molar-refractivity contribution in [3.63, 3.8) is 0 Å². The third-order valence-corrected chi connectivity index (χ3v) is 8.82. The van der Waals surface area contributed by atoms with Crippen LogP contribution in [-0.4, -0.2) is 28.2 Å². The van der Waals surface area contributed by atoms with Crippen molar-refractivity contribution in [3.8, 4) is 0 Å². The number of ether oxygens (including phenoxy) is 1. The van der Waals surface area contributed by atoms with E-state index in [0.29, 0.717) is 19.1 Å². The highest BCUT2D eigenvalue weighted by molar-refractivity contribution is 7.89. The first kappa shape index (κ1) is 27.5. The Morgan fingerprint density at radius 1 is 0.811 bits per heavy atom. The average Bonchev–Trinajstić information content (AvgIpc) is 2.92. The number of hydrogen-bond acceptors (Lipinski definition) is 4. The van der Waals surface area contributed by atoms with Crippen molar-refractivity contribution in [2.75, 3.05) is 19.8 Å². The molecule has 198 valence electrons. The highest BCUT2D eigenvalue weighted by atomic mass is 32.2. The van der Waals surface area contributed by atoms with E-state index in [-0.39, 0.29) is 10.9 Å². The van der Waals surface area contributed by atoms with Gasteiger partial charge < -0.3 is 10.1 Å². The minimum atomic E-state index is -3.75. The molecule has 0 heterocycles. The number of aryl methyl sites for hydroxylation is 1. The normalized spacial score (nSPS) is 19.8. The van der Waals surface area contributed by atoms with Gasteiger partial charge in [0.05, 0.1) is 23.6 Å². The second kappa shape index (κ2) is 13.3. The van der Waals surface area contributed by atoms with E-state index in [2.05, 4.69) is 17.0 Å². The summed E-state index contributed by atoms with van der Waals surface area (Å²) in [5.74, 6) is 1.49. The molecule has 0 bridgehead atoms. The maximum absolute atomic E-state index is 13.5. The van der Waals surface area contributed by atoms with Crippen LogP contribution in [0.25, 0.3) is 0 Å². The predicted molar refractivity (Wildman–Crippen MR) is 150 cm³/mol. The molecule has 2 atom stereocenters. The van der Waals surface area contributed by atoms with Crippen molar-refractivity contribution in [3.05, 3.63) is 102 Å². The zero-order chi connectivity index (χ0) is 26.1. The number of nitrogens with one attached hydrogen (secondary N) is 2. The molecule has 0 aromatic heterocycles. The van der Waals surface area contributed by atoms with Crippen LogP contribution in [0.3, 0.4) is 0 Å². The smallest absolute Gasteiger partial charge is 0.241 e. The van der Waals surface area contributed by atoms with Crippen molar-refractivity contribution in [1.82, 2.24) is 10.0 Å². The van der Waals surface area contributed by atoms with Gasteiger partial charge in [-0.25, -0.2) is 13.1 Å². The minimum Gasteiger partial charge on any atom is -0.380 e. The molecule has 3 aromatic rings. The lowest BCUT2D eigenvalue weighted by Crippen LogP contribution is -2.39. The van der Waals surface area contributed by atoms with Crippen molar-refractivity contribution in [2.24, 2.45) is 11.8 Å². The SMILES string of the molecule is Cc1ccc(S(=O)(=O)N[C@H](c2ccccc2)[C@H](NCCOCC2CCC(C)CC2)c2ccccc2)cc1. The van der Waals surface area contributed by atoms with E-state index >= 15 is 0 Å². The van der Waals surface area contributed by atoms with Crippen molar-refractivity contribution < 1.29 is 13.2 Å². The summed E-state index contributed by atoms with van der Waals surface area (Å²) in [6, 6.07) is 26.0. The summed E-state index contributed by atoms with van der Waals surface area (Å²) in [5, 5.41) is 3.61. The lowest BCUT2D eigenvalue weighted by molar-refractivity contribution is 0.0790. The van der Waals surface area contributed by atoms with Crippen LogP contribution < -0.4 is 10.0 Å². The Morgan fingerprint density at radius 2 is 1.38 bits per heavy atom. The van der Waals surface area contributed by atoms with E-state index in [1.165, 1.54) is 25.7 Å². The van der Waals surface area contributed by atoms with Crippen LogP contribution >= 0.6 is 0 Å². The van der Waals surface area contributed by atoms with Gasteiger partial charge in [0.25, 0.3) is 0 Å². The molecule has 3 aromatic carbocycles. The summed E-state index contributed by atoms with van der Waals surface area (Å²) in [6.07, 6.45) is 5.08. The van der Waals surface area contributed by atoms with E-state index < -0.39 is 16.1 Å². The van der Waals surface area contributed by atoms with Gasteiger partial charge in [0.15, 0.2) is 0 Å². The third kappa shape index (κ3) is 7.99. The quantitative estimate of drug-likeness (QED) is 0.280. The molecule has 4 rings (SSSR count). The summed E-state index contributed by atoms with van der Waals surface area (Å²) in [5.41, 5.74) is 2.94. The first-order chi connectivity index (χ1) is 17.9. The van der Waals surface area contributed by atoms with Gasteiger partial charge in [0, 0.05) is 13.2 Å². The van der Waals surface area contributed by atoms with E-state index in [4.69, 9.17) is 4.74 Å². The lowest BCUT2D eigenvalue weighted by atomic mass is 9.83. The maximum atomic E-state index is 13.5. The zero-order valence-electron chi connectivity index (χ0n) is 22.0. The van der Waals surface area contributed by atoms with E-state index in [9.17, 15) is 8.42 Å². The Hall–Kier alpha value is -2.51. The summed E-state index contributed by atoms with van der Waals surface area (Å²) in [6.45, 7) is 6.29. The fourth-order valence-electron chi connectivity index (χ4n) is 5.06. The molecule has 1 aliphatic carbocycles. The molecular formula is C31H40N2O3S. The molecule has 1 aliphatic rings. The molecule has 0 amide bonds. The first-order valence-corrected chi connectivity index (χ1v) is 14.9. The molecule has 5 nitrogen and oxygen atoms in total. The van der Waals surface area contributed by atoms with Crippen LogP contribution in [0.15, 0.2) is 89.8 Å². The summed E-state index contributed by atoms with van der Waals surface area (Å²) in [4.78, 5) is 0.260. The summed E-state index contributed by atoms with van der Waals surface area (Å²) in [7, 11) is -3.75. The second-order valence-electron chi connectivity index (χ2n) is 10.4. The van der Waals surface area contributed by atoms with Gasteiger partial charge in [-0.1, -0.05) is 98.1 Å². The summed E-state index contributed by atoms with van der Waals surface area (Å²) >= 11 is 0. The minimum absolute atomic E-state index is 0.260. The zero-order valence-corrected chi connectivity index (χ0v) is 22.8. The molecule has 0 unspecified atom stereocenters. The highest BCUT2D eigenvalue weighted by Crippen LogP contribution is 2.31. The molecular weight excluding hydrogens is 480 g/mol. The standard InChI is InChI=1S/C31H40N2O3S/c1-24-13-17-26(18-14-24)23-36-22-21-32-30(27-9-5-3-6-10-27)31(28-11-7-4-8-12-28)33-37(34,35)29-19-15-25(2)16-20-29/h3-12,15-16,19-20,24,26,30-33H,13-14,17-18,21-23H2,1-2H3/t24?,26?,30-,31-/m1/s1. The van der Waals surface area contributed by atoms with Crippen molar-refractivity contribution in [2.45, 2.75) is 56.5 Å². The molecule has 1 fully saturated rings. The Morgan fingerprint density at radius 3 is 1.97 bits per heavy atom. The fraction of sp³-hybridized carbons (Fsp3) is 0.419. The highest BCUT2D eigenvalue weighted by Gasteiger charge is 2.29. The van der Waals surface area contributed by atoms with Gasteiger partial charge >= 0.3 is 0 Å². The van der Waals surface area contributed by atoms with E-state index in [1.54, 1.807) is 12.1 Å². The van der Waals surface area contributed by atoms with E-state index in [0.717, 1.165) is 29.2 Å². The number of sulfonamides is 1. The molecule has 0 spiro atoms. The molecule has 37 heavy (non-hydrogen) atoms. The third-order valence-electron chi connectivity index (χ3n) is 7.36.